The molecule has 6 nitrogen and oxygen atoms in total. The lowest BCUT2D eigenvalue weighted by Crippen LogP contribution is -2.25. The first kappa shape index (κ1) is 22.5. The molecule has 1 heterocycles. The van der Waals surface area contributed by atoms with Crippen molar-refractivity contribution in [3.63, 3.8) is 0 Å². The van der Waals surface area contributed by atoms with Gasteiger partial charge in [-0.05, 0) is 12.0 Å². The topological polar surface area (TPSA) is 104 Å². The van der Waals surface area contributed by atoms with Crippen LogP contribution in [0.2, 0.25) is 0 Å². The summed E-state index contributed by atoms with van der Waals surface area (Å²) in [4.78, 5) is 15.8. The fourth-order valence-electron chi connectivity index (χ4n) is 1.83. The first-order valence-corrected chi connectivity index (χ1v) is 6.36. The average Bonchev–Trinajstić information content (AvgIpc) is 2.42. The number of rotatable bonds is 5. The van der Waals surface area contributed by atoms with Crippen molar-refractivity contribution in [2.75, 3.05) is 11.2 Å². The Balaban J connectivity index is 0. The van der Waals surface area contributed by atoms with Crippen LogP contribution in [-0.2, 0) is 13.0 Å². The number of benzene rings is 1. The number of halogens is 2. The van der Waals surface area contributed by atoms with E-state index < -0.39 is 0 Å². The fourth-order valence-corrected chi connectivity index (χ4v) is 1.83. The van der Waals surface area contributed by atoms with E-state index in [1.165, 1.54) is 4.68 Å². The van der Waals surface area contributed by atoms with Gasteiger partial charge in [-0.25, -0.2) is 0 Å². The van der Waals surface area contributed by atoms with Crippen molar-refractivity contribution >= 4 is 30.5 Å². The van der Waals surface area contributed by atoms with Crippen LogP contribution in [0.1, 0.15) is 24.7 Å². The second-order valence-electron chi connectivity index (χ2n) is 4.37. The molecule has 1 aromatic carbocycles. The second kappa shape index (κ2) is 10.9. The molecule has 2 rings (SSSR count). The molecular formula is C14H22Cl2N4O2. The van der Waals surface area contributed by atoms with Gasteiger partial charge in [-0.15, -0.1) is 24.8 Å². The van der Waals surface area contributed by atoms with E-state index >= 15 is 0 Å². The minimum atomic E-state index is -0.263. The highest BCUT2D eigenvalue weighted by Gasteiger charge is 2.05. The van der Waals surface area contributed by atoms with Crippen molar-refractivity contribution in [1.82, 2.24) is 9.66 Å². The summed E-state index contributed by atoms with van der Waals surface area (Å²) in [6, 6.07) is 9.86. The van der Waals surface area contributed by atoms with Crippen LogP contribution in [0.25, 0.3) is 0 Å². The van der Waals surface area contributed by atoms with Crippen molar-refractivity contribution in [2.45, 2.75) is 26.3 Å². The van der Waals surface area contributed by atoms with Crippen molar-refractivity contribution in [2.24, 2.45) is 0 Å². The van der Waals surface area contributed by atoms with Gasteiger partial charge in [-0.2, -0.15) is 4.98 Å². The molecule has 2 aromatic rings. The molecule has 5 N–H and O–H groups in total. The van der Waals surface area contributed by atoms with Gasteiger partial charge in [-0.1, -0.05) is 37.3 Å². The Morgan fingerprint density at radius 1 is 1.23 bits per heavy atom. The maximum absolute atomic E-state index is 11.8. The Bertz CT molecular complexity index is 606. The SMILES string of the molecule is CCCc1nc(=O)c(NCc2ccccc2)cn1N.Cl.Cl.O. The standard InChI is InChI=1S/C14H18N4O.2ClH.H2O/c1-2-6-13-17-14(19)12(10-18(13)15)16-9-11-7-4-3-5-8-11;;;/h3-5,7-8,10,16H,2,6,9,15H2,1H3;2*1H;1H2. The molecule has 0 bridgehead atoms. The Labute approximate surface area is 141 Å². The van der Waals surface area contributed by atoms with Crippen LogP contribution < -0.4 is 16.7 Å². The van der Waals surface area contributed by atoms with E-state index in [1.807, 2.05) is 37.3 Å². The molecule has 0 unspecified atom stereocenters. The molecule has 124 valence electrons. The summed E-state index contributed by atoms with van der Waals surface area (Å²) in [7, 11) is 0. The minimum absolute atomic E-state index is 0. The third-order valence-electron chi connectivity index (χ3n) is 2.83. The molecule has 0 radical (unpaired) electrons. The Hall–Kier alpha value is -1.76. The van der Waals surface area contributed by atoms with Gasteiger partial charge in [0.05, 0.1) is 6.20 Å². The highest BCUT2D eigenvalue weighted by Crippen LogP contribution is 2.04. The van der Waals surface area contributed by atoms with Gasteiger partial charge in [0.25, 0.3) is 5.56 Å². The molecule has 8 heteroatoms. The number of nitrogen functional groups attached to an aromatic ring is 1. The van der Waals surface area contributed by atoms with Gasteiger partial charge in [0.1, 0.15) is 11.5 Å². The number of aryl methyl sites for hydroxylation is 1. The summed E-state index contributed by atoms with van der Waals surface area (Å²) >= 11 is 0. The maximum Gasteiger partial charge on any atom is 0.296 e. The number of nitrogens with two attached hydrogens (primary N) is 1. The summed E-state index contributed by atoms with van der Waals surface area (Å²) in [5.41, 5.74) is 1.26. The van der Waals surface area contributed by atoms with E-state index in [2.05, 4.69) is 10.3 Å². The average molecular weight is 349 g/mol. The van der Waals surface area contributed by atoms with E-state index in [0.29, 0.717) is 24.5 Å². The highest BCUT2D eigenvalue weighted by atomic mass is 35.5. The quantitative estimate of drug-likeness (QED) is 0.799. The largest absolute Gasteiger partial charge is 0.412 e. The molecule has 0 saturated carbocycles. The Morgan fingerprint density at radius 3 is 2.45 bits per heavy atom. The number of hydrogen-bond acceptors (Lipinski definition) is 4. The molecule has 0 fully saturated rings. The van der Waals surface area contributed by atoms with Crippen LogP contribution >= 0.6 is 24.8 Å². The molecule has 0 spiro atoms. The summed E-state index contributed by atoms with van der Waals surface area (Å²) in [6.07, 6.45) is 3.20. The van der Waals surface area contributed by atoms with E-state index in [-0.39, 0.29) is 35.8 Å². The normalized spacial score (nSPS) is 8.95. The van der Waals surface area contributed by atoms with Crippen LogP contribution in [0.15, 0.2) is 41.3 Å². The smallest absolute Gasteiger partial charge is 0.296 e. The molecule has 0 aliphatic rings. The molecule has 0 aliphatic carbocycles. The summed E-state index contributed by atoms with van der Waals surface area (Å²) < 4.78 is 1.41. The molecule has 1 aromatic heterocycles. The summed E-state index contributed by atoms with van der Waals surface area (Å²) in [5.74, 6) is 6.43. The zero-order chi connectivity index (χ0) is 13.7. The molecular weight excluding hydrogens is 327 g/mol. The van der Waals surface area contributed by atoms with Crippen LogP contribution in [0.5, 0.6) is 0 Å². The maximum atomic E-state index is 11.8. The highest BCUT2D eigenvalue weighted by molar-refractivity contribution is 5.85. The number of nitrogens with zero attached hydrogens (tertiary/aromatic N) is 2. The lowest BCUT2D eigenvalue weighted by molar-refractivity contribution is 0.749. The molecule has 22 heavy (non-hydrogen) atoms. The van der Waals surface area contributed by atoms with E-state index in [9.17, 15) is 4.79 Å². The first-order chi connectivity index (χ1) is 9.20. The summed E-state index contributed by atoms with van der Waals surface area (Å²) in [6.45, 7) is 2.60. The fraction of sp³-hybridized carbons (Fsp3) is 0.286. The third kappa shape index (κ3) is 5.93. The number of nitrogens with one attached hydrogen (secondary N) is 1. The number of aromatic nitrogens is 2. The monoisotopic (exact) mass is 348 g/mol. The molecule has 0 amide bonds. The van der Waals surface area contributed by atoms with Gasteiger partial charge < -0.3 is 16.6 Å². The Kier molecular flexibility index (Phi) is 11.2. The van der Waals surface area contributed by atoms with Crippen molar-refractivity contribution < 1.29 is 5.48 Å². The van der Waals surface area contributed by atoms with Crippen LogP contribution in [0.4, 0.5) is 5.69 Å². The van der Waals surface area contributed by atoms with Crippen LogP contribution in [0.3, 0.4) is 0 Å². The van der Waals surface area contributed by atoms with Crippen molar-refractivity contribution in [1.29, 1.82) is 0 Å². The van der Waals surface area contributed by atoms with Gasteiger partial charge in [0.15, 0.2) is 0 Å². The number of hydrogen-bond donors (Lipinski definition) is 2. The predicted molar refractivity (Wildman–Crippen MR) is 94.5 cm³/mol. The Morgan fingerprint density at radius 2 is 1.86 bits per heavy atom. The lowest BCUT2D eigenvalue weighted by atomic mass is 10.2. The predicted octanol–water partition coefficient (Wildman–Crippen LogP) is 1.54. The van der Waals surface area contributed by atoms with Gasteiger partial charge >= 0.3 is 0 Å². The van der Waals surface area contributed by atoms with Gasteiger partial charge in [-0.3, -0.25) is 9.47 Å². The minimum Gasteiger partial charge on any atom is -0.412 e. The first-order valence-electron chi connectivity index (χ1n) is 6.36. The molecule has 0 atom stereocenters. The van der Waals surface area contributed by atoms with E-state index in [1.54, 1.807) is 6.20 Å². The lowest BCUT2D eigenvalue weighted by Gasteiger charge is -2.10. The van der Waals surface area contributed by atoms with Gasteiger partial charge in [0, 0.05) is 13.0 Å². The van der Waals surface area contributed by atoms with Crippen LogP contribution in [-0.4, -0.2) is 15.1 Å². The number of anilines is 1. The zero-order valence-corrected chi connectivity index (χ0v) is 13.9. The van der Waals surface area contributed by atoms with E-state index in [4.69, 9.17) is 5.84 Å². The van der Waals surface area contributed by atoms with E-state index in [0.717, 1.165) is 12.0 Å². The van der Waals surface area contributed by atoms with Crippen LogP contribution in [0, 0.1) is 0 Å². The second-order valence-corrected chi connectivity index (χ2v) is 4.37. The zero-order valence-electron chi connectivity index (χ0n) is 12.3. The van der Waals surface area contributed by atoms with Gasteiger partial charge in [0.2, 0.25) is 0 Å². The third-order valence-corrected chi connectivity index (χ3v) is 2.83. The molecule has 0 saturated heterocycles. The summed E-state index contributed by atoms with van der Waals surface area (Å²) in [5, 5.41) is 3.06. The van der Waals surface area contributed by atoms with Crippen molar-refractivity contribution in [3.05, 3.63) is 58.3 Å². The van der Waals surface area contributed by atoms with Crippen molar-refractivity contribution in [3.8, 4) is 0 Å². The molecule has 0 aliphatic heterocycles.